The van der Waals surface area contributed by atoms with Gasteiger partial charge in [0.15, 0.2) is 0 Å². The predicted molar refractivity (Wildman–Crippen MR) is 130 cm³/mol. The number of halogens is 1. The molecule has 6 nitrogen and oxygen atoms in total. The summed E-state index contributed by atoms with van der Waals surface area (Å²) in [5, 5.41) is 4.73. The van der Waals surface area contributed by atoms with E-state index in [1.807, 2.05) is 17.8 Å². The minimum atomic E-state index is -3.39. The third kappa shape index (κ3) is 3.19. The second kappa shape index (κ2) is 7.47. The van der Waals surface area contributed by atoms with Gasteiger partial charge in [0.1, 0.15) is 5.82 Å². The molecule has 1 aliphatic heterocycles. The van der Waals surface area contributed by atoms with Crippen LogP contribution < -0.4 is 0 Å². The average Bonchev–Trinajstić information content (AvgIpc) is 3.35. The fourth-order valence-electron chi connectivity index (χ4n) is 6.35. The first-order valence-corrected chi connectivity index (χ1v) is 13.2. The van der Waals surface area contributed by atoms with Crippen molar-refractivity contribution >= 4 is 10.2 Å². The van der Waals surface area contributed by atoms with E-state index in [2.05, 4.69) is 18.2 Å². The van der Waals surface area contributed by atoms with Crippen LogP contribution in [0, 0.1) is 17.7 Å². The Morgan fingerprint density at radius 1 is 0.971 bits per heavy atom. The van der Waals surface area contributed by atoms with E-state index in [0.29, 0.717) is 18.4 Å². The topological polar surface area (TPSA) is 58.2 Å². The molecule has 1 aromatic heterocycles. The summed E-state index contributed by atoms with van der Waals surface area (Å²) in [6, 6.07) is 15.1. The Morgan fingerprint density at radius 3 is 2.29 bits per heavy atom. The standard InChI is InChI=1S/C26H29FN4O2S/c1-29(2)34(32,33)31-16-26(31)21-8-9-22(26)14-20-12-19(5-4-18(20)13-21)24-15-25(30(3)28-24)17-6-10-23(27)11-7-17/h4-7,10-12,15,21-22H,8-9,13-14,16H2,1-3H3/t21-,22+,26?,31?/m1/s1. The SMILES string of the molecule is CN(C)S(=O)(=O)N1CC12[C@@H]1CC[C@H]2Cc2cc(-c3cc(-c4ccc(F)cc4)n(C)n3)ccc2C1. The maximum Gasteiger partial charge on any atom is 0.282 e. The zero-order valence-electron chi connectivity index (χ0n) is 19.7. The molecule has 0 radical (unpaired) electrons. The largest absolute Gasteiger partial charge is 0.282 e. The molecule has 2 bridgehead atoms. The van der Waals surface area contributed by atoms with E-state index in [9.17, 15) is 12.8 Å². The Morgan fingerprint density at radius 2 is 1.62 bits per heavy atom. The Bertz CT molecular complexity index is 1380. The van der Waals surface area contributed by atoms with Gasteiger partial charge in [-0.05, 0) is 90.6 Å². The van der Waals surface area contributed by atoms with Gasteiger partial charge in [-0.15, -0.1) is 0 Å². The first kappa shape index (κ1) is 21.9. The summed E-state index contributed by atoms with van der Waals surface area (Å²) in [5.74, 6) is 0.470. The summed E-state index contributed by atoms with van der Waals surface area (Å²) in [4.78, 5) is 0. The van der Waals surface area contributed by atoms with Crippen LogP contribution in [0.15, 0.2) is 48.5 Å². The van der Waals surface area contributed by atoms with Gasteiger partial charge >= 0.3 is 0 Å². The fourth-order valence-corrected chi connectivity index (χ4v) is 7.84. The van der Waals surface area contributed by atoms with E-state index in [4.69, 9.17) is 5.10 Å². The number of aryl methyl sites for hydroxylation is 1. The molecule has 3 aromatic rings. The van der Waals surface area contributed by atoms with Crippen LogP contribution in [-0.4, -0.2) is 53.0 Å². The number of aromatic nitrogens is 2. The second-order valence-electron chi connectivity index (χ2n) is 10.2. The molecule has 1 spiro atoms. The van der Waals surface area contributed by atoms with Crippen LogP contribution >= 0.6 is 0 Å². The molecule has 34 heavy (non-hydrogen) atoms. The second-order valence-corrected chi connectivity index (χ2v) is 12.3. The highest BCUT2D eigenvalue weighted by Crippen LogP contribution is 2.59. The zero-order chi connectivity index (χ0) is 23.8. The third-order valence-electron chi connectivity index (χ3n) is 8.23. The molecule has 0 amide bonds. The van der Waals surface area contributed by atoms with E-state index < -0.39 is 10.2 Å². The summed E-state index contributed by atoms with van der Waals surface area (Å²) in [6.45, 7) is 0.644. The molecule has 0 N–H and O–H groups in total. The van der Waals surface area contributed by atoms with Gasteiger partial charge in [-0.3, -0.25) is 4.68 Å². The molecule has 4 atom stereocenters. The van der Waals surface area contributed by atoms with Gasteiger partial charge in [0, 0.05) is 33.3 Å². The lowest BCUT2D eigenvalue weighted by molar-refractivity contribution is 0.322. The first-order valence-electron chi connectivity index (χ1n) is 11.8. The smallest absolute Gasteiger partial charge is 0.267 e. The lowest BCUT2D eigenvalue weighted by atomic mass is 9.87. The van der Waals surface area contributed by atoms with Crippen molar-refractivity contribution in [3.8, 4) is 22.5 Å². The molecule has 6 rings (SSSR count). The molecule has 3 aliphatic rings. The summed E-state index contributed by atoms with van der Waals surface area (Å²) in [5.41, 5.74) is 6.23. The summed E-state index contributed by atoms with van der Waals surface area (Å²) in [6.07, 6.45) is 3.99. The van der Waals surface area contributed by atoms with Gasteiger partial charge in [-0.25, -0.2) is 4.39 Å². The number of fused-ring (bicyclic) bond motifs is 1. The van der Waals surface area contributed by atoms with E-state index >= 15 is 0 Å². The van der Waals surface area contributed by atoms with Crippen molar-refractivity contribution < 1.29 is 12.8 Å². The highest BCUT2D eigenvalue weighted by Gasteiger charge is 2.69. The maximum atomic E-state index is 13.4. The summed E-state index contributed by atoms with van der Waals surface area (Å²) in [7, 11) is 1.75. The van der Waals surface area contributed by atoms with Crippen LogP contribution in [0.4, 0.5) is 4.39 Å². The molecule has 178 valence electrons. The van der Waals surface area contributed by atoms with E-state index in [-0.39, 0.29) is 11.4 Å². The van der Waals surface area contributed by atoms with Gasteiger partial charge in [-0.2, -0.15) is 22.1 Å². The molecule has 8 heteroatoms. The highest BCUT2D eigenvalue weighted by molar-refractivity contribution is 7.87. The minimum absolute atomic E-state index is 0.219. The number of benzene rings is 2. The number of nitrogens with zero attached hydrogens (tertiary/aromatic N) is 4. The fraction of sp³-hybridized carbons (Fsp3) is 0.423. The lowest BCUT2D eigenvalue weighted by Gasteiger charge is -2.24. The molecule has 2 heterocycles. The van der Waals surface area contributed by atoms with Gasteiger partial charge in [-0.1, -0.05) is 12.1 Å². The molecule has 2 unspecified atom stereocenters. The van der Waals surface area contributed by atoms with Crippen molar-refractivity contribution in [2.24, 2.45) is 18.9 Å². The quantitative estimate of drug-likeness (QED) is 0.533. The number of hydrogen-bond acceptors (Lipinski definition) is 3. The molecule has 2 aliphatic carbocycles. The van der Waals surface area contributed by atoms with Crippen LogP contribution in [0.5, 0.6) is 0 Å². The highest BCUT2D eigenvalue weighted by atomic mass is 32.2. The monoisotopic (exact) mass is 480 g/mol. The third-order valence-corrected chi connectivity index (χ3v) is 10.2. The van der Waals surface area contributed by atoms with Crippen LogP contribution in [0.25, 0.3) is 22.5 Å². The minimum Gasteiger partial charge on any atom is -0.267 e. The average molecular weight is 481 g/mol. The maximum absolute atomic E-state index is 13.4. The van der Waals surface area contributed by atoms with Crippen LogP contribution in [0.1, 0.15) is 24.0 Å². The number of rotatable bonds is 4. The van der Waals surface area contributed by atoms with Crippen molar-refractivity contribution in [3.63, 3.8) is 0 Å². The molecule has 2 fully saturated rings. The zero-order valence-corrected chi connectivity index (χ0v) is 20.5. The Kier molecular flexibility index (Phi) is 4.82. The van der Waals surface area contributed by atoms with E-state index in [0.717, 1.165) is 48.2 Å². The Labute approximate surface area is 200 Å². The summed E-state index contributed by atoms with van der Waals surface area (Å²) >= 11 is 0. The molecule has 2 aromatic carbocycles. The molecular weight excluding hydrogens is 451 g/mol. The predicted octanol–water partition coefficient (Wildman–Crippen LogP) is 3.88. The van der Waals surface area contributed by atoms with E-state index in [1.54, 1.807) is 30.5 Å². The van der Waals surface area contributed by atoms with Gasteiger partial charge in [0.25, 0.3) is 10.2 Å². The van der Waals surface area contributed by atoms with Crippen molar-refractivity contribution in [1.29, 1.82) is 0 Å². The van der Waals surface area contributed by atoms with Gasteiger partial charge in [0.05, 0.1) is 16.9 Å². The van der Waals surface area contributed by atoms with Crippen LogP contribution in [0.2, 0.25) is 0 Å². The molecule has 1 saturated carbocycles. The first-order chi connectivity index (χ1) is 16.2. The van der Waals surface area contributed by atoms with Crippen molar-refractivity contribution in [1.82, 2.24) is 18.4 Å². The Hall–Kier alpha value is -2.55. The molecular formula is C26H29FN4O2S. The Balaban J connectivity index is 1.32. The summed E-state index contributed by atoms with van der Waals surface area (Å²) < 4.78 is 44.1. The van der Waals surface area contributed by atoms with Crippen molar-refractivity contribution in [2.75, 3.05) is 20.6 Å². The number of hydrogen-bond donors (Lipinski definition) is 0. The normalized spacial score (nSPS) is 27.7. The molecule has 1 saturated heterocycles. The van der Waals surface area contributed by atoms with Gasteiger partial charge in [0.2, 0.25) is 0 Å². The van der Waals surface area contributed by atoms with Crippen molar-refractivity contribution in [2.45, 2.75) is 31.2 Å². The lowest BCUT2D eigenvalue weighted by Crippen LogP contribution is -2.38. The van der Waals surface area contributed by atoms with E-state index in [1.165, 1.54) is 27.6 Å². The van der Waals surface area contributed by atoms with Crippen LogP contribution in [0.3, 0.4) is 0 Å². The van der Waals surface area contributed by atoms with Crippen molar-refractivity contribution in [3.05, 3.63) is 65.5 Å². The van der Waals surface area contributed by atoms with Gasteiger partial charge < -0.3 is 0 Å². The van der Waals surface area contributed by atoms with Crippen LogP contribution in [-0.2, 0) is 30.1 Å².